The van der Waals surface area contributed by atoms with Crippen LogP contribution in [0.3, 0.4) is 0 Å². The zero-order valence-electron chi connectivity index (χ0n) is 12.1. The molecular formula is C15H18BrFIN3O. The summed E-state index contributed by atoms with van der Waals surface area (Å²) in [7, 11) is 1.68. The summed E-state index contributed by atoms with van der Waals surface area (Å²) >= 11 is 3.24. The van der Waals surface area contributed by atoms with Crippen LogP contribution in [0.15, 0.2) is 50.5 Å². The Bertz CT molecular complexity index is 605. The quantitative estimate of drug-likeness (QED) is 0.389. The molecule has 0 saturated heterocycles. The lowest BCUT2D eigenvalue weighted by atomic mass is 10.2. The molecule has 0 saturated carbocycles. The number of hydrogen-bond donors (Lipinski definition) is 2. The molecule has 1 aromatic heterocycles. The summed E-state index contributed by atoms with van der Waals surface area (Å²) in [5, 5.41) is 6.24. The number of aliphatic imine (C=N–C) groups is 1. The van der Waals surface area contributed by atoms with Crippen molar-refractivity contribution in [3.8, 4) is 0 Å². The summed E-state index contributed by atoms with van der Waals surface area (Å²) in [6.45, 7) is 1.07. The number of hydrogen-bond acceptors (Lipinski definition) is 2. The molecule has 2 N–H and O–H groups in total. The molecule has 0 spiro atoms. The zero-order valence-corrected chi connectivity index (χ0v) is 16.0. The number of benzene rings is 1. The largest absolute Gasteiger partial charge is 0.469 e. The number of rotatable bonds is 5. The van der Waals surface area contributed by atoms with Gasteiger partial charge in [-0.2, -0.15) is 0 Å². The Kier molecular flexibility index (Phi) is 8.47. The summed E-state index contributed by atoms with van der Waals surface area (Å²) in [6, 6.07) is 8.79. The van der Waals surface area contributed by atoms with E-state index in [2.05, 4.69) is 31.6 Å². The molecule has 7 heteroatoms. The van der Waals surface area contributed by atoms with E-state index in [1.807, 2.05) is 18.2 Å². The molecule has 0 bridgehead atoms. The van der Waals surface area contributed by atoms with Crippen molar-refractivity contribution >= 4 is 45.9 Å². The molecule has 1 aromatic carbocycles. The monoisotopic (exact) mass is 481 g/mol. The minimum atomic E-state index is -0.247. The van der Waals surface area contributed by atoms with Crippen LogP contribution >= 0.6 is 39.9 Å². The Morgan fingerprint density at radius 3 is 2.77 bits per heavy atom. The van der Waals surface area contributed by atoms with Gasteiger partial charge in [-0.3, -0.25) is 4.99 Å². The highest BCUT2D eigenvalue weighted by Gasteiger charge is 2.04. The van der Waals surface area contributed by atoms with Crippen molar-refractivity contribution in [1.29, 1.82) is 0 Å². The minimum Gasteiger partial charge on any atom is -0.469 e. The molecule has 0 radical (unpaired) electrons. The van der Waals surface area contributed by atoms with Gasteiger partial charge in [0.1, 0.15) is 11.6 Å². The number of halogens is 3. The van der Waals surface area contributed by atoms with E-state index >= 15 is 0 Å². The first kappa shape index (κ1) is 19.0. The van der Waals surface area contributed by atoms with E-state index in [9.17, 15) is 4.39 Å². The lowest BCUT2D eigenvalue weighted by molar-refractivity contribution is 0.506. The van der Waals surface area contributed by atoms with Gasteiger partial charge in [-0.25, -0.2) is 4.39 Å². The molecule has 2 rings (SSSR count). The maximum atomic E-state index is 13.7. The molecule has 0 unspecified atom stereocenters. The van der Waals surface area contributed by atoms with Gasteiger partial charge in [-0.05, 0) is 24.3 Å². The average molecular weight is 482 g/mol. The van der Waals surface area contributed by atoms with Gasteiger partial charge in [0.15, 0.2) is 5.96 Å². The molecule has 22 heavy (non-hydrogen) atoms. The predicted octanol–water partition coefficient (Wildman–Crippen LogP) is 3.71. The van der Waals surface area contributed by atoms with Crippen LogP contribution in [0.2, 0.25) is 0 Å². The number of nitrogens with one attached hydrogen (secondary N) is 2. The highest BCUT2D eigenvalue weighted by atomic mass is 127. The van der Waals surface area contributed by atoms with Crippen LogP contribution in [0, 0.1) is 5.82 Å². The van der Waals surface area contributed by atoms with E-state index in [4.69, 9.17) is 4.42 Å². The van der Waals surface area contributed by atoms with Crippen molar-refractivity contribution in [1.82, 2.24) is 10.6 Å². The molecule has 0 aliphatic heterocycles. The fourth-order valence-corrected chi connectivity index (χ4v) is 2.16. The van der Waals surface area contributed by atoms with Gasteiger partial charge >= 0.3 is 0 Å². The van der Waals surface area contributed by atoms with Crippen molar-refractivity contribution < 1.29 is 8.81 Å². The Labute approximate surface area is 154 Å². The number of nitrogens with zero attached hydrogens (tertiary/aromatic N) is 1. The highest BCUT2D eigenvalue weighted by Crippen LogP contribution is 2.14. The van der Waals surface area contributed by atoms with Gasteiger partial charge < -0.3 is 15.1 Å². The molecule has 1 heterocycles. The van der Waals surface area contributed by atoms with Crippen molar-refractivity contribution in [2.24, 2.45) is 4.99 Å². The van der Waals surface area contributed by atoms with Gasteiger partial charge in [-0.15, -0.1) is 24.0 Å². The first-order valence-corrected chi connectivity index (χ1v) is 7.39. The SMILES string of the molecule is CN=C(NCCc1ccco1)NCc1ccc(Br)cc1F.I. The van der Waals surface area contributed by atoms with E-state index in [0.717, 1.165) is 16.7 Å². The first-order valence-electron chi connectivity index (χ1n) is 6.60. The molecule has 0 amide bonds. The summed E-state index contributed by atoms with van der Waals surface area (Å²) in [6.07, 6.45) is 2.42. The second kappa shape index (κ2) is 9.83. The normalized spacial score (nSPS) is 11.0. The van der Waals surface area contributed by atoms with E-state index in [1.54, 1.807) is 19.4 Å². The molecule has 120 valence electrons. The third kappa shape index (κ3) is 5.96. The second-order valence-electron chi connectivity index (χ2n) is 4.42. The predicted molar refractivity (Wildman–Crippen MR) is 100 cm³/mol. The van der Waals surface area contributed by atoms with Crippen LogP contribution in [0.1, 0.15) is 11.3 Å². The van der Waals surface area contributed by atoms with Crippen LogP contribution in [-0.4, -0.2) is 19.6 Å². The van der Waals surface area contributed by atoms with Gasteiger partial charge in [0, 0.05) is 36.6 Å². The Morgan fingerprint density at radius 2 is 2.14 bits per heavy atom. The van der Waals surface area contributed by atoms with Crippen LogP contribution < -0.4 is 10.6 Å². The van der Waals surface area contributed by atoms with E-state index < -0.39 is 0 Å². The topological polar surface area (TPSA) is 49.6 Å². The summed E-state index contributed by atoms with van der Waals surface area (Å²) in [5.41, 5.74) is 0.590. The number of guanidine groups is 1. The fourth-order valence-electron chi connectivity index (χ4n) is 1.82. The molecule has 0 atom stereocenters. The maximum absolute atomic E-state index is 13.7. The van der Waals surface area contributed by atoms with Gasteiger partial charge in [0.2, 0.25) is 0 Å². The second-order valence-corrected chi connectivity index (χ2v) is 5.33. The standard InChI is InChI=1S/C15H17BrFN3O.HI/c1-18-15(19-7-6-13-3-2-8-21-13)20-10-11-4-5-12(16)9-14(11)17;/h2-5,8-9H,6-7,10H2,1H3,(H2,18,19,20);1H. The average Bonchev–Trinajstić information content (AvgIpc) is 2.97. The van der Waals surface area contributed by atoms with Crippen LogP contribution in [0.4, 0.5) is 4.39 Å². The van der Waals surface area contributed by atoms with E-state index in [-0.39, 0.29) is 29.8 Å². The summed E-state index contributed by atoms with van der Waals surface area (Å²) in [4.78, 5) is 4.10. The van der Waals surface area contributed by atoms with Gasteiger partial charge in [0.25, 0.3) is 0 Å². The fraction of sp³-hybridized carbons (Fsp3) is 0.267. The molecule has 0 fully saturated rings. The molecule has 2 aromatic rings. The number of furan rings is 1. The van der Waals surface area contributed by atoms with Crippen LogP contribution in [0.25, 0.3) is 0 Å². The molecule has 0 aliphatic carbocycles. The van der Waals surface area contributed by atoms with Crippen molar-refractivity contribution in [2.45, 2.75) is 13.0 Å². The molecular weight excluding hydrogens is 464 g/mol. The summed E-state index contributed by atoms with van der Waals surface area (Å²) in [5.74, 6) is 1.30. The first-order chi connectivity index (χ1) is 10.2. The van der Waals surface area contributed by atoms with E-state index in [0.29, 0.717) is 24.6 Å². The Morgan fingerprint density at radius 1 is 1.32 bits per heavy atom. The zero-order chi connectivity index (χ0) is 15.1. The Hall–Kier alpha value is -1.09. The van der Waals surface area contributed by atoms with Crippen LogP contribution in [-0.2, 0) is 13.0 Å². The van der Waals surface area contributed by atoms with Crippen molar-refractivity contribution in [3.63, 3.8) is 0 Å². The van der Waals surface area contributed by atoms with Gasteiger partial charge in [0.05, 0.1) is 6.26 Å². The maximum Gasteiger partial charge on any atom is 0.191 e. The smallest absolute Gasteiger partial charge is 0.191 e. The lowest BCUT2D eigenvalue weighted by Crippen LogP contribution is -2.38. The van der Waals surface area contributed by atoms with Crippen molar-refractivity contribution in [3.05, 3.63) is 58.2 Å². The lowest BCUT2D eigenvalue weighted by Gasteiger charge is -2.12. The molecule has 4 nitrogen and oxygen atoms in total. The van der Waals surface area contributed by atoms with E-state index in [1.165, 1.54) is 6.07 Å². The minimum absolute atomic E-state index is 0. The Balaban J connectivity index is 0.00000242. The molecule has 0 aliphatic rings. The summed E-state index contributed by atoms with van der Waals surface area (Å²) < 4.78 is 19.7. The highest BCUT2D eigenvalue weighted by molar-refractivity contribution is 14.0. The third-order valence-corrected chi connectivity index (χ3v) is 3.42. The third-order valence-electron chi connectivity index (χ3n) is 2.93. The van der Waals surface area contributed by atoms with Gasteiger partial charge in [-0.1, -0.05) is 22.0 Å². The van der Waals surface area contributed by atoms with Crippen molar-refractivity contribution in [2.75, 3.05) is 13.6 Å². The van der Waals surface area contributed by atoms with Crippen LogP contribution in [0.5, 0.6) is 0 Å².